The van der Waals surface area contributed by atoms with E-state index in [0.29, 0.717) is 4.47 Å². The molecule has 0 amide bonds. The van der Waals surface area contributed by atoms with Gasteiger partial charge >= 0.3 is 0 Å². The molecule has 1 rings (SSSR count). The third-order valence-corrected chi connectivity index (χ3v) is 3.39. The second kappa shape index (κ2) is 4.99. The van der Waals surface area contributed by atoms with E-state index < -0.39 is 16.8 Å². The van der Waals surface area contributed by atoms with E-state index in [2.05, 4.69) is 15.9 Å². The SMILES string of the molecule is OC(c1c(F)ccc(Br)c1Cl)C(Cl)Cl. The van der Waals surface area contributed by atoms with Gasteiger partial charge in [-0.05, 0) is 28.1 Å². The molecule has 1 nitrogen and oxygen atoms in total. The van der Waals surface area contributed by atoms with Gasteiger partial charge in [0, 0.05) is 10.0 Å². The lowest BCUT2D eigenvalue weighted by molar-refractivity contribution is 0.188. The molecular weight excluding hydrogens is 317 g/mol. The molecular formula is C8H5BrCl3FO. The summed E-state index contributed by atoms with van der Waals surface area (Å²) in [5, 5.41) is 9.55. The van der Waals surface area contributed by atoms with Gasteiger partial charge in [0.2, 0.25) is 0 Å². The van der Waals surface area contributed by atoms with Gasteiger partial charge < -0.3 is 5.11 Å². The molecule has 1 atom stereocenters. The fraction of sp³-hybridized carbons (Fsp3) is 0.250. The first-order valence-electron chi connectivity index (χ1n) is 3.54. The lowest BCUT2D eigenvalue weighted by Crippen LogP contribution is -2.09. The lowest BCUT2D eigenvalue weighted by atomic mass is 10.1. The van der Waals surface area contributed by atoms with Gasteiger partial charge in [0.15, 0.2) is 0 Å². The molecule has 14 heavy (non-hydrogen) atoms. The Morgan fingerprint density at radius 2 is 1.93 bits per heavy atom. The van der Waals surface area contributed by atoms with Gasteiger partial charge in [-0.25, -0.2) is 4.39 Å². The summed E-state index contributed by atoms with van der Waals surface area (Å²) < 4.78 is 13.7. The Labute approximate surface area is 104 Å². The summed E-state index contributed by atoms with van der Waals surface area (Å²) in [6.07, 6.45) is -1.34. The molecule has 0 heterocycles. The van der Waals surface area contributed by atoms with Crippen LogP contribution in [0.3, 0.4) is 0 Å². The van der Waals surface area contributed by atoms with Crippen LogP contribution in [0.4, 0.5) is 4.39 Å². The van der Waals surface area contributed by atoms with E-state index in [1.165, 1.54) is 12.1 Å². The van der Waals surface area contributed by atoms with E-state index in [4.69, 9.17) is 34.8 Å². The molecule has 0 bridgehead atoms. The highest BCUT2D eigenvalue weighted by Crippen LogP contribution is 2.35. The average molecular weight is 322 g/mol. The van der Waals surface area contributed by atoms with Gasteiger partial charge in [-0.3, -0.25) is 0 Å². The Kier molecular flexibility index (Phi) is 4.47. The summed E-state index contributed by atoms with van der Waals surface area (Å²) in [6.45, 7) is 0. The predicted octanol–water partition coefficient (Wildman–Crippen LogP) is 4.08. The van der Waals surface area contributed by atoms with E-state index in [9.17, 15) is 9.50 Å². The van der Waals surface area contributed by atoms with Crippen LogP contribution in [0.25, 0.3) is 0 Å². The first-order valence-corrected chi connectivity index (χ1v) is 5.59. The quantitative estimate of drug-likeness (QED) is 0.642. The van der Waals surface area contributed by atoms with Crippen LogP contribution in [0.15, 0.2) is 16.6 Å². The van der Waals surface area contributed by atoms with Crippen molar-refractivity contribution >= 4 is 50.7 Å². The second-order valence-electron chi connectivity index (χ2n) is 2.54. The van der Waals surface area contributed by atoms with Crippen LogP contribution in [0.5, 0.6) is 0 Å². The van der Waals surface area contributed by atoms with Gasteiger partial charge in [-0.1, -0.05) is 11.6 Å². The summed E-state index contributed by atoms with van der Waals surface area (Å²) in [6, 6.07) is 2.61. The average Bonchev–Trinajstić information content (AvgIpc) is 2.12. The maximum Gasteiger partial charge on any atom is 0.137 e. The fourth-order valence-corrected chi connectivity index (χ4v) is 1.80. The highest BCUT2D eigenvalue weighted by atomic mass is 79.9. The molecule has 1 unspecified atom stereocenters. The zero-order valence-corrected chi connectivity index (χ0v) is 10.5. The number of benzene rings is 1. The van der Waals surface area contributed by atoms with Crippen molar-refractivity contribution in [3.63, 3.8) is 0 Å². The van der Waals surface area contributed by atoms with Crippen LogP contribution in [0, 0.1) is 5.82 Å². The van der Waals surface area contributed by atoms with Crippen molar-refractivity contribution in [2.75, 3.05) is 0 Å². The van der Waals surface area contributed by atoms with Crippen LogP contribution >= 0.6 is 50.7 Å². The molecule has 0 spiro atoms. The summed E-state index contributed by atoms with van der Waals surface area (Å²) in [4.78, 5) is -1.13. The minimum atomic E-state index is -1.34. The standard InChI is InChI=1S/C8H5BrCl3FO/c9-3-1-2-4(13)5(6(3)10)7(14)8(11)12/h1-2,7-8,14H. The third kappa shape index (κ3) is 2.52. The highest BCUT2D eigenvalue weighted by molar-refractivity contribution is 9.10. The second-order valence-corrected chi connectivity index (χ2v) is 4.93. The Morgan fingerprint density at radius 3 is 2.43 bits per heavy atom. The van der Waals surface area contributed by atoms with Crippen molar-refractivity contribution in [1.82, 2.24) is 0 Å². The molecule has 1 aromatic carbocycles. The zero-order chi connectivity index (χ0) is 10.9. The van der Waals surface area contributed by atoms with Gasteiger partial charge in [0.1, 0.15) is 16.8 Å². The Balaban J connectivity index is 3.25. The van der Waals surface area contributed by atoms with E-state index in [1.807, 2.05) is 0 Å². The Hall–Kier alpha value is 0.460. The molecule has 0 saturated carbocycles. The first-order chi connectivity index (χ1) is 6.45. The number of rotatable bonds is 2. The molecule has 0 aliphatic carbocycles. The van der Waals surface area contributed by atoms with Gasteiger partial charge in [-0.2, -0.15) is 0 Å². The van der Waals surface area contributed by atoms with Crippen molar-refractivity contribution < 1.29 is 9.50 Å². The molecule has 0 aliphatic rings. The van der Waals surface area contributed by atoms with Gasteiger partial charge in [-0.15, -0.1) is 23.2 Å². The van der Waals surface area contributed by atoms with Crippen molar-refractivity contribution in [2.45, 2.75) is 10.9 Å². The molecule has 0 aliphatic heterocycles. The summed E-state index contributed by atoms with van der Waals surface area (Å²) in [7, 11) is 0. The molecule has 1 N–H and O–H groups in total. The zero-order valence-electron chi connectivity index (χ0n) is 6.65. The smallest absolute Gasteiger partial charge is 0.137 e. The van der Waals surface area contributed by atoms with Crippen molar-refractivity contribution in [3.05, 3.63) is 33.0 Å². The monoisotopic (exact) mass is 320 g/mol. The maximum absolute atomic E-state index is 13.3. The van der Waals surface area contributed by atoms with Crippen LogP contribution in [-0.4, -0.2) is 9.94 Å². The van der Waals surface area contributed by atoms with Crippen LogP contribution in [0.1, 0.15) is 11.7 Å². The molecule has 6 heteroatoms. The molecule has 78 valence electrons. The number of hydrogen-bond acceptors (Lipinski definition) is 1. The lowest BCUT2D eigenvalue weighted by Gasteiger charge is -2.14. The van der Waals surface area contributed by atoms with E-state index >= 15 is 0 Å². The van der Waals surface area contributed by atoms with Crippen molar-refractivity contribution in [3.8, 4) is 0 Å². The summed E-state index contributed by atoms with van der Waals surface area (Å²) >= 11 is 19.7. The fourth-order valence-electron chi connectivity index (χ4n) is 0.940. The number of halogens is 5. The predicted molar refractivity (Wildman–Crippen MR) is 59.6 cm³/mol. The van der Waals surface area contributed by atoms with Crippen molar-refractivity contribution in [2.24, 2.45) is 0 Å². The number of aliphatic hydroxyl groups excluding tert-OH is 1. The van der Waals surface area contributed by atoms with E-state index in [1.54, 1.807) is 0 Å². The third-order valence-electron chi connectivity index (χ3n) is 1.61. The minimum Gasteiger partial charge on any atom is -0.385 e. The van der Waals surface area contributed by atoms with E-state index in [-0.39, 0.29) is 10.6 Å². The van der Waals surface area contributed by atoms with Crippen LogP contribution < -0.4 is 0 Å². The molecule has 0 radical (unpaired) electrons. The maximum atomic E-state index is 13.3. The molecule has 1 aromatic rings. The minimum absolute atomic E-state index is 0.0730. The highest BCUT2D eigenvalue weighted by Gasteiger charge is 2.23. The van der Waals surface area contributed by atoms with Crippen molar-refractivity contribution in [1.29, 1.82) is 0 Å². The van der Waals surface area contributed by atoms with E-state index in [0.717, 1.165) is 0 Å². The topological polar surface area (TPSA) is 20.2 Å². The van der Waals surface area contributed by atoms with Crippen LogP contribution in [-0.2, 0) is 0 Å². The van der Waals surface area contributed by atoms with Crippen LogP contribution in [0.2, 0.25) is 5.02 Å². The largest absolute Gasteiger partial charge is 0.385 e. The Morgan fingerprint density at radius 1 is 1.36 bits per heavy atom. The molecule has 0 fully saturated rings. The summed E-state index contributed by atoms with van der Waals surface area (Å²) in [5.74, 6) is -0.642. The summed E-state index contributed by atoms with van der Waals surface area (Å²) in [5.41, 5.74) is -0.101. The van der Waals surface area contributed by atoms with Gasteiger partial charge in [0.05, 0.1) is 5.02 Å². The number of hydrogen-bond donors (Lipinski definition) is 1. The number of alkyl halides is 2. The first kappa shape index (κ1) is 12.5. The molecule has 0 saturated heterocycles. The molecule has 0 aromatic heterocycles. The Bertz CT molecular complexity index is 346. The normalized spacial score (nSPS) is 13.4. The number of aliphatic hydroxyl groups is 1. The van der Waals surface area contributed by atoms with Gasteiger partial charge in [0.25, 0.3) is 0 Å².